The quantitative estimate of drug-likeness (QED) is 0.243. The average Bonchev–Trinajstić information content (AvgIpc) is 3.29. The van der Waals surface area contributed by atoms with Crippen LogP contribution in [0.5, 0.6) is 0 Å². The number of aromatic nitrogens is 2. The van der Waals surface area contributed by atoms with Gasteiger partial charge in [0.2, 0.25) is 5.91 Å². The van der Waals surface area contributed by atoms with E-state index in [1.54, 1.807) is 60.7 Å². The molecule has 11 heteroatoms. The van der Waals surface area contributed by atoms with Crippen molar-refractivity contribution in [2.24, 2.45) is 0 Å². The molecule has 190 valence electrons. The summed E-state index contributed by atoms with van der Waals surface area (Å²) in [6.45, 7) is 0.0151. The number of hydrogen-bond acceptors (Lipinski definition) is 4. The van der Waals surface area contributed by atoms with Crippen LogP contribution in [0.25, 0.3) is 16.9 Å². The van der Waals surface area contributed by atoms with Crippen LogP contribution in [0.2, 0.25) is 10.0 Å². The zero-order valence-electron chi connectivity index (χ0n) is 19.3. The summed E-state index contributed by atoms with van der Waals surface area (Å²) >= 11 is 12.2. The molecule has 0 saturated heterocycles. The third kappa shape index (κ3) is 6.65. The van der Waals surface area contributed by atoms with E-state index in [0.717, 1.165) is 0 Å². The van der Waals surface area contributed by atoms with E-state index in [-0.39, 0.29) is 36.3 Å². The minimum absolute atomic E-state index is 0.0937. The predicted octanol–water partition coefficient (Wildman–Crippen LogP) is 5.28. The lowest BCUT2D eigenvalue weighted by molar-refractivity contribution is -0.120. The van der Waals surface area contributed by atoms with Crippen LogP contribution < -0.4 is 16.0 Å². The number of carbonyl (C=O) groups is 2. The number of anilines is 2. The highest BCUT2D eigenvalue weighted by atomic mass is 35.5. The van der Waals surface area contributed by atoms with Crippen LogP contribution in [0.4, 0.5) is 20.7 Å². The van der Waals surface area contributed by atoms with Gasteiger partial charge in [-0.25, -0.2) is 13.9 Å². The molecule has 4 rings (SSSR count). The fourth-order valence-corrected chi connectivity index (χ4v) is 3.89. The molecule has 8 nitrogen and oxygen atoms in total. The van der Waals surface area contributed by atoms with Crippen molar-refractivity contribution < 1.29 is 19.1 Å². The van der Waals surface area contributed by atoms with Crippen molar-refractivity contribution in [1.29, 1.82) is 0 Å². The number of aliphatic hydroxyl groups is 1. The Labute approximate surface area is 222 Å². The molecule has 0 saturated carbocycles. The number of nitrogens with zero attached hydrogens (tertiary/aromatic N) is 2. The first-order valence-corrected chi connectivity index (χ1v) is 11.9. The van der Waals surface area contributed by atoms with E-state index < -0.39 is 6.03 Å². The van der Waals surface area contributed by atoms with Gasteiger partial charge in [0.25, 0.3) is 0 Å². The molecular formula is C26H22Cl2FN5O3. The van der Waals surface area contributed by atoms with E-state index in [4.69, 9.17) is 28.3 Å². The molecule has 1 heterocycles. The largest absolute Gasteiger partial charge is 0.395 e. The van der Waals surface area contributed by atoms with Crippen molar-refractivity contribution in [3.63, 3.8) is 0 Å². The Kier molecular flexibility index (Phi) is 8.39. The number of aliphatic hydroxyl groups excluding tert-OH is 1. The monoisotopic (exact) mass is 541 g/mol. The fraction of sp³-hybridized carbons (Fsp3) is 0.115. The molecule has 0 unspecified atom stereocenters. The van der Waals surface area contributed by atoms with Gasteiger partial charge in [0.05, 0.1) is 40.1 Å². The summed E-state index contributed by atoms with van der Waals surface area (Å²) in [5.74, 6) is -0.307. The molecule has 0 atom stereocenters. The lowest BCUT2D eigenvalue weighted by Gasteiger charge is -2.12. The van der Waals surface area contributed by atoms with E-state index in [9.17, 15) is 14.0 Å². The van der Waals surface area contributed by atoms with Crippen molar-refractivity contribution in [1.82, 2.24) is 15.1 Å². The van der Waals surface area contributed by atoms with Crippen LogP contribution in [0, 0.1) is 5.82 Å². The van der Waals surface area contributed by atoms with Crippen LogP contribution in [-0.2, 0) is 11.2 Å². The van der Waals surface area contributed by atoms with Crippen LogP contribution >= 0.6 is 23.2 Å². The number of urea groups is 1. The van der Waals surface area contributed by atoms with Crippen LogP contribution in [0.15, 0.2) is 72.8 Å². The van der Waals surface area contributed by atoms with E-state index >= 15 is 0 Å². The number of hydrogen-bond donors (Lipinski definition) is 4. The molecule has 4 aromatic rings. The Morgan fingerprint density at radius 3 is 2.49 bits per heavy atom. The van der Waals surface area contributed by atoms with E-state index in [1.165, 1.54) is 16.8 Å². The number of benzene rings is 3. The normalized spacial score (nSPS) is 10.7. The maximum Gasteiger partial charge on any atom is 0.324 e. The molecule has 3 amide bonds. The smallest absolute Gasteiger partial charge is 0.324 e. The fourth-order valence-electron chi connectivity index (χ4n) is 3.54. The summed E-state index contributed by atoms with van der Waals surface area (Å²) in [6, 6.07) is 18.8. The summed E-state index contributed by atoms with van der Waals surface area (Å²) in [4.78, 5) is 25.0. The lowest BCUT2D eigenvalue weighted by Crippen LogP contribution is -2.27. The second-order valence-electron chi connectivity index (χ2n) is 7.93. The third-order valence-corrected chi connectivity index (χ3v) is 6.06. The maximum atomic E-state index is 13.5. The summed E-state index contributed by atoms with van der Waals surface area (Å²) in [5, 5.41) is 22.1. The molecule has 0 aliphatic heterocycles. The number of rotatable bonds is 8. The number of amides is 3. The summed E-state index contributed by atoms with van der Waals surface area (Å²) in [6.07, 6.45) is 0.0937. The molecule has 3 aromatic carbocycles. The van der Waals surface area contributed by atoms with Gasteiger partial charge in [-0.3, -0.25) is 10.1 Å². The van der Waals surface area contributed by atoms with Gasteiger partial charge in [-0.05, 0) is 54.1 Å². The summed E-state index contributed by atoms with van der Waals surface area (Å²) in [7, 11) is 0. The first-order valence-electron chi connectivity index (χ1n) is 11.2. The van der Waals surface area contributed by atoms with Crippen LogP contribution in [0.1, 0.15) is 5.56 Å². The summed E-state index contributed by atoms with van der Waals surface area (Å²) in [5.41, 5.74) is 2.74. The van der Waals surface area contributed by atoms with Gasteiger partial charge in [-0.2, -0.15) is 5.10 Å². The van der Waals surface area contributed by atoms with Gasteiger partial charge in [-0.15, -0.1) is 0 Å². The van der Waals surface area contributed by atoms with Crippen molar-refractivity contribution in [3.8, 4) is 16.9 Å². The molecule has 0 spiro atoms. The zero-order chi connectivity index (χ0) is 26.4. The van der Waals surface area contributed by atoms with Crippen molar-refractivity contribution in [2.75, 3.05) is 23.8 Å². The first kappa shape index (κ1) is 26.2. The molecule has 4 N–H and O–H groups in total. The lowest BCUT2D eigenvalue weighted by atomic mass is 10.1. The number of carbonyl (C=O) groups excluding carboxylic acids is 2. The minimum Gasteiger partial charge on any atom is -0.395 e. The van der Waals surface area contributed by atoms with E-state index in [0.29, 0.717) is 39.0 Å². The Hall–Kier alpha value is -3.92. The van der Waals surface area contributed by atoms with Gasteiger partial charge in [0.1, 0.15) is 11.6 Å². The van der Waals surface area contributed by atoms with Crippen molar-refractivity contribution in [3.05, 3.63) is 94.2 Å². The standard InChI is InChI=1S/C26H22Cl2FN5O3/c27-20-5-2-6-21(25(20)28)31-26(37)32-23-15-22(17-7-9-18(29)10-8-17)33-34(23)19-4-1-3-16(13-19)14-24(36)30-11-12-35/h1-10,13,15,35H,11-12,14H2,(H,30,36)(H2,31,32,37). The minimum atomic E-state index is -0.587. The molecule has 0 bridgehead atoms. The van der Waals surface area contributed by atoms with Gasteiger partial charge in [0, 0.05) is 18.2 Å². The highest BCUT2D eigenvalue weighted by molar-refractivity contribution is 6.44. The Balaban J connectivity index is 1.65. The van der Waals surface area contributed by atoms with E-state index in [2.05, 4.69) is 21.0 Å². The Bertz CT molecular complexity index is 1430. The van der Waals surface area contributed by atoms with Crippen LogP contribution in [-0.4, -0.2) is 40.0 Å². The highest BCUT2D eigenvalue weighted by Gasteiger charge is 2.16. The van der Waals surface area contributed by atoms with Gasteiger partial charge >= 0.3 is 6.03 Å². The average molecular weight is 542 g/mol. The van der Waals surface area contributed by atoms with Crippen molar-refractivity contribution in [2.45, 2.75) is 6.42 Å². The van der Waals surface area contributed by atoms with E-state index in [1.807, 2.05) is 0 Å². The predicted molar refractivity (Wildman–Crippen MR) is 142 cm³/mol. The molecule has 0 radical (unpaired) electrons. The molecule has 0 fully saturated rings. The molecule has 0 aliphatic rings. The zero-order valence-corrected chi connectivity index (χ0v) is 20.9. The highest BCUT2D eigenvalue weighted by Crippen LogP contribution is 2.30. The van der Waals surface area contributed by atoms with Crippen LogP contribution in [0.3, 0.4) is 0 Å². The van der Waals surface area contributed by atoms with Gasteiger partial charge < -0.3 is 15.7 Å². The number of halogens is 3. The topological polar surface area (TPSA) is 108 Å². The summed E-state index contributed by atoms with van der Waals surface area (Å²) < 4.78 is 15.0. The molecular weight excluding hydrogens is 520 g/mol. The maximum absolute atomic E-state index is 13.5. The Morgan fingerprint density at radius 2 is 1.73 bits per heavy atom. The Morgan fingerprint density at radius 1 is 0.973 bits per heavy atom. The van der Waals surface area contributed by atoms with Crippen molar-refractivity contribution >= 4 is 46.6 Å². The first-order chi connectivity index (χ1) is 17.8. The second kappa shape index (κ2) is 11.9. The third-order valence-electron chi connectivity index (χ3n) is 5.24. The SMILES string of the molecule is O=C(Cc1cccc(-n2nc(-c3ccc(F)cc3)cc2NC(=O)Nc2cccc(Cl)c2Cl)c1)NCCO. The number of nitrogens with one attached hydrogen (secondary N) is 3. The van der Waals surface area contributed by atoms with Gasteiger partial charge in [0.15, 0.2) is 0 Å². The molecule has 0 aliphatic carbocycles. The molecule has 37 heavy (non-hydrogen) atoms. The van der Waals surface area contributed by atoms with Gasteiger partial charge in [-0.1, -0.05) is 41.4 Å². The molecule has 1 aromatic heterocycles. The second-order valence-corrected chi connectivity index (χ2v) is 8.72.